The standard InChI is InChI=1S/C12H12BrN3O4/c13-7-1-3-9(10(5-7)16(19)20)12(18)14-6-8-2-4-11(17)15-8/h1,3,5,8H,2,4,6H2,(H,14,18)(H,15,17)/t8-/m1/s1. The monoisotopic (exact) mass is 341 g/mol. The molecule has 0 bridgehead atoms. The predicted octanol–water partition coefficient (Wildman–Crippen LogP) is 1.37. The maximum absolute atomic E-state index is 12.0. The minimum Gasteiger partial charge on any atom is -0.352 e. The van der Waals surface area contributed by atoms with E-state index >= 15 is 0 Å². The Balaban J connectivity index is 2.05. The van der Waals surface area contributed by atoms with Gasteiger partial charge in [0.2, 0.25) is 5.91 Å². The Labute approximate surface area is 123 Å². The molecule has 106 valence electrons. The van der Waals surface area contributed by atoms with Crippen molar-refractivity contribution in [1.29, 1.82) is 0 Å². The molecule has 1 heterocycles. The van der Waals surface area contributed by atoms with E-state index in [1.54, 1.807) is 6.07 Å². The summed E-state index contributed by atoms with van der Waals surface area (Å²) in [5, 5.41) is 16.2. The molecule has 1 fully saturated rings. The molecule has 1 saturated heterocycles. The van der Waals surface area contributed by atoms with Crippen molar-refractivity contribution in [2.75, 3.05) is 6.54 Å². The molecule has 0 spiro atoms. The number of halogens is 1. The number of nitrogens with zero attached hydrogens (tertiary/aromatic N) is 1. The number of carbonyl (C=O) groups excluding carboxylic acids is 2. The van der Waals surface area contributed by atoms with Crippen molar-refractivity contribution >= 4 is 33.4 Å². The number of carbonyl (C=O) groups is 2. The summed E-state index contributed by atoms with van der Waals surface area (Å²) in [4.78, 5) is 33.3. The topological polar surface area (TPSA) is 101 Å². The zero-order valence-electron chi connectivity index (χ0n) is 10.4. The molecule has 8 heteroatoms. The summed E-state index contributed by atoms with van der Waals surface area (Å²) in [5.74, 6) is -0.566. The highest BCUT2D eigenvalue weighted by Gasteiger charge is 2.24. The molecule has 0 unspecified atom stereocenters. The third kappa shape index (κ3) is 3.32. The summed E-state index contributed by atoms with van der Waals surface area (Å²) < 4.78 is 0.531. The fourth-order valence-electron chi connectivity index (χ4n) is 1.99. The third-order valence-corrected chi connectivity index (χ3v) is 3.49. The minimum atomic E-state index is -0.600. The normalized spacial score (nSPS) is 17.6. The number of nitro groups is 1. The van der Waals surface area contributed by atoms with E-state index < -0.39 is 10.8 Å². The van der Waals surface area contributed by atoms with Gasteiger partial charge in [0, 0.05) is 29.5 Å². The second kappa shape index (κ2) is 6.00. The van der Waals surface area contributed by atoms with Crippen molar-refractivity contribution in [1.82, 2.24) is 10.6 Å². The fourth-order valence-corrected chi connectivity index (χ4v) is 2.34. The molecular formula is C12H12BrN3O4. The number of hydrogen-bond acceptors (Lipinski definition) is 4. The van der Waals surface area contributed by atoms with E-state index in [0.717, 1.165) is 0 Å². The lowest BCUT2D eigenvalue weighted by molar-refractivity contribution is -0.385. The van der Waals surface area contributed by atoms with Crippen LogP contribution >= 0.6 is 15.9 Å². The number of nitro benzene ring substituents is 1. The van der Waals surface area contributed by atoms with E-state index in [0.29, 0.717) is 17.3 Å². The van der Waals surface area contributed by atoms with Crippen LogP contribution in [0.1, 0.15) is 23.2 Å². The Morgan fingerprint density at radius 2 is 2.30 bits per heavy atom. The Morgan fingerprint density at radius 3 is 2.90 bits per heavy atom. The smallest absolute Gasteiger partial charge is 0.283 e. The summed E-state index contributed by atoms with van der Waals surface area (Å²) in [7, 11) is 0. The number of rotatable bonds is 4. The predicted molar refractivity (Wildman–Crippen MR) is 74.3 cm³/mol. The van der Waals surface area contributed by atoms with Crippen LogP contribution in [0.2, 0.25) is 0 Å². The first-order chi connectivity index (χ1) is 9.47. The van der Waals surface area contributed by atoms with Gasteiger partial charge in [0.05, 0.1) is 4.92 Å². The SMILES string of the molecule is O=C1CC[C@H](CNC(=O)c2ccc(Br)cc2[N+](=O)[O-])N1. The maximum Gasteiger partial charge on any atom is 0.283 e. The molecule has 1 aliphatic rings. The lowest BCUT2D eigenvalue weighted by Gasteiger charge is -2.11. The zero-order valence-corrected chi connectivity index (χ0v) is 12.0. The van der Waals surface area contributed by atoms with Gasteiger partial charge >= 0.3 is 0 Å². The van der Waals surface area contributed by atoms with Gasteiger partial charge in [0.15, 0.2) is 0 Å². The summed E-state index contributed by atoms with van der Waals surface area (Å²) in [6, 6.07) is 4.14. The molecule has 2 N–H and O–H groups in total. The molecule has 1 aromatic carbocycles. The van der Waals surface area contributed by atoms with Crippen LogP contribution in [0, 0.1) is 10.1 Å². The molecular weight excluding hydrogens is 330 g/mol. The Hall–Kier alpha value is -1.96. The maximum atomic E-state index is 12.0. The lowest BCUT2D eigenvalue weighted by atomic mass is 10.1. The van der Waals surface area contributed by atoms with Crippen LogP contribution in [0.3, 0.4) is 0 Å². The van der Waals surface area contributed by atoms with Gasteiger partial charge in [0.1, 0.15) is 5.56 Å². The molecule has 0 saturated carbocycles. The van der Waals surface area contributed by atoms with Gasteiger partial charge in [-0.05, 0) is 18.6 Å². The zero-order chi connectivity index (χ0) is 14.7. The molecule has 1 aliphatic heterocycles. The summed E-state index contributed by atoms with van der Waals surface area (Å²) >= 11 is 3.13. The van der Waals surface area contributed by atoms with Gasteiger partial charge in [-0.1, -0.05) is 15.9 Å². The van der Waals surface area contributed by atoms with Gasteiger partial charge in [-0.3, -0.25) is 19.7 Å². The van der Waals surface area contributed by atoms with Crippen molar-refractivity contribution in [3.05, 3.63) is 38.3 Å². The Morgan fingerprint density at radius 1 is 1.55 bits per heavy atom. The largest absolute Gasteiger partial charge is 0.352 e. The van der Waals surface area contributed by atoms with E-state index in [2.05, 4.69) is 26.6 Å². The molecule has 0 aromatic heterocycles. The van der Waals surface area contributed by atoms with E-state index in [-0.39, 0.29) is 29.7 Å². The number of amides is 2. The highest BCUT2D eigenvalue weighted by molar-refractivity contribution is 9.10. The van der Waals surface area contributed by atoms with Gasteiger partial charge in [-0.15, -0.1) is 0 Å². The highest BCUT2D eigenvalue weighted by Crippen LogP contribution is 2.23. The number of nitrogens with one attached hydrogen (secondary N) is 2. The van der Waals surface area contributed by atoms with Crippen LogP contribution < -0.4 is 10.6 Å². The summed E-state index contributed by atoms with van der Waals surface area (Å²) in [6.07, 6.45) is 1.10. The third-order valence-electron chi connectivity index (χ3n) is 3.00. The average Bonchev–Trinajstić information content (AvgIpc) is 2.81. The first-order valence-electron chi connectivity index (χ1n) is 5.99. The second-order valence-corrected chi connectivity index (χ2v) is 5.35. The molecule has 2 rings (SSSR count). The van der Waals surface area contributed by atoms with Crippen LogP contribution in [-0.4, -0.2) is 29.3 Å². The van der Waals surface area contributed by atoms with Crippen LogP contribution in [0.5, 0.6) is 0 Å². The van der Waals surface area contributed by atoms with Crippen molar-refractivity contribution in [2.24, 2.45) is 0 Å². The van der Waals surface area contributed by atoms with E-state index in [4.69, 9.17) is 0 Å². The van der Waals surface area contributed by atoms with Gasteiger partial charge in [-0.25, -0.2) is 0 Å². The van der Waals surface area contributed by atoms with Crippen molar-refractivity contribution in [3.8, 4) is 0 Å². The Bertz CT molecular complexity index is 576. The first kappa shape index (κ1) is 14.4. The van der Waals surface area contributed by atoms with Crippen LogP contribution in [0.15, 0.2) is 22.7 Å². The molecule has 1 aromatic rings. The summed E-state index contributed by atoms with van der Waals surface area (Å²) in [6.45, 7) is 0.262. The van der Waals surface area contributed by atoms with Crippen molar-refractivity contribution in [2.45, 2.75) is 18.9 Å². The number of benzene rings is 1. The average molecular weight is 342 g/mol. The lowest BCUT2D eigenvalue weighted by Crippen LogP contribution is -2.38. The van der Waals surface area contributed by atoms with E-state index in [9.17, 15) is 19.7 Å². The number of hydrogen-bond donors (Lipinski definition) is 2. The van der Waals surface area contributed by atoms with E-state index in [1.165, 1.54) is 12.1 Å². The molecule has 20 heavy (non-hydrogen) atoms. The highest BCUT2D eigenvalue weighted by atomic mass is 79.9. The van der Waals surface area contributed by atoms with Gasteiger partial charge in [0.25, 0.3) is 11.6 Å². The molecule has 7 nitrogen and oxygen atoms in total. The first-order valence-corrected chi connectivity index (χ1v) is 6.78. The van der Waals surface area contributed by atoms with Gasteiger partial charge < -0.3 is 10.6 Å². The molecule has 0 aliphatic carbocycles. The molecule has 1 atom stereocenters. The summed E-state index contributed by atoms with van der Waals surface area (Å²) in [5.41, 5.74) is -0.255. The van der Waals surface area contributed by atoms with E-state index in [1.807, 2.05) is 0 Å². The second-order valence-electron chi connectivity index (χ2n) is 4.43. The Kier molecular flexibility index (Phi) is 4.33. The van der Waals surface area contributed by atoms with Crippen LogP contribution in [0.4, 0.5) is 5.69 Å². The van der Waals surface area contributed by atoms with Gasteiger partial charge in [-0.2, -0.15) is 0 Å². The van der Waals surface area contributed by atoms with Crippen molar-refractivity contribution in [3.63, 3.8) is 0 Å². The van der Waals surface area contributed by atoms with Crippen LogP contribution in [-0.2, 0) is 4.79 Å². The van der Waals surface area contributed by atoms with Crippen molar-refractivity contribution < 1.29 is 14.5 Å². The van der Waals surface area contributed by atoms with Crippen LogP contribution in [0.25, 0.3) is 0 Å². The molecule has 2 amide bonds. The fraction of sp³-hybridized carbons (Fsp3) is 0.333. The quantitative estimate of drug-likeness (QED) is 0.637. The molecule has 0 radical (unpaired) electrons. The minimum absolute atomic E-state index is 0.00234.